The summed E-state index contributed by atoms with van der Waals surface area (Å²) >= 11 is 0. The van der Waals surface area contributed by atoms with Gasteiger partial charge in [0.25, 0.3) is 0 Å². The standard InChI is InChI=1S/C30H40N4O2/c1-2-24-10-12-26(13-11-24)27-20-25(22-34(23-27)30(36)33-14-6-7-15-33)21-29(35)32-18-16-31(17-19-32)28-8-4-3-5-9-28/h3-5,8-13,25,27H,2,6-7,14-23H2,1H3. The van der Waals surface area contributed by atoms with Crippen LogP contribution in [0.3, 0.4) is 0 Å². The lowest BCUT2D eigenvalue weighted by atomic mass is 9.82. The van der Waals surface area contributed by atoms with Crippen LogP contribution in [0.15, 0.2) is 54.6 Å². The van der Waals surface area contributed by atoms with Crippen LogP contribution < -0.4 is 4.90 Å². The van der Waals surface area contributed by atoms with Crippen molar-refractivity contribution in [3.8, 4) is 0 Å². The van der Waals surface area contributed by atoms with E-state index < -0.39 is 0 Å². The van der Waals surface area contributed by atoms with Gasteiger partial charge in [0.05, 0.1) is 0 Å². The molecule has 3 heterocycles. The van der Waals surface area contributed by atoms with Crippen molar-refractivity contribution < 1.29 is 9.59 Å². The molecule has 0 N–H and O–H groups in total. The van der Waals surface area contributed by atoms with Crippen molar-refractivity contribution in [2.75, 3.05) is 57.3 Å². The Bertz CT molecular complexity index is 1010. The van der Waals surface area contributed by atoms with Crippen LogP contribution >= 0.6 is 0 Å². The van der Waals surface area contributed by atoms with E-state index in [2.05, 4.69) is 60.4 Å². The highest BCUT2D eigenvalue weighted by molar-refractivity contribution is 5.78. The molecule has 3 aliphatic heterocycles. The van der Waals surface area contributed by atoms with E-state index in [1.807, 2.05) is 20.8 Å². The zero-order valence-electron chi connectivity index (χ0n) is 21.6. The summed E-state index contributed by atoms with van der Waals surface area (Å²) in [5.41, 5.74) is 3.85. The minimum Gasteiger partial charge on any atom is -0.368 e. The molecule has 0 spiro atoms. The summed E-state index contributed by atoms with van der Waals surface area (Å²) in [7, 11) is 0. The maximum Gasteiger partial charge on any atom is 0.320 e. The minimum atomic E-state index is 0.163. The van der Waals surface area contributed by atoms with Crippen LogP contribution in [-0.2, 0) is 11.2 Å². The maximum atomic E-state index is 13.4. The van der Waals surface area contributed by atoms with Crippen molar-refractivity contribution in [2.24, 2.45) is 5.92 Å². The van der Waals surface area contributed by atoms with Gasteiger partial charge in [-0.2, -0.15) is 0 Å². The van der Waals surface area contributed by atoms with Gasteiger partial charge in [-0.1, -0.05) is 49.4 Å². The zero-order valence-corrected chi connectivity index (χ0v) is 21.6. The van der Waals surface area contributed by atoms with Crippen molar-refractivity contribution in [2.45, 2.75) is 44.9 Å². The quantitative estimate of drug-likeness (QED) is 0.618. The molecular formula is C30H40N4O2. The number of urea groups is 1. The normalized spacial score (nSPS) is 22.7. The third kappa shape index (κ3) is 5.69. The van der Waals surface area contributed by atoms with Gasteiger partial charge < -0.3 is 19.6 Å². The summed E-state index contributed by atoms with van der Waals surface area (Å²) in [5, 5.41) is 0. The molecule has 3 amide bonds. The lowest BCUT2D eigenvalue weighted by Crippen LogP contribution is -2.51. The van der Waals surface area contributed by atoms with Gasteiger partial charge in [0.1, 0.15) is 0 Å². The lowest BCUT2D eigenvalue weighted by molar-refractivity contribution is -0.132. The fourth-order valence-electron chi connectivity index (χ4n) is 6.11. The molecule has 192 valence electrons. The molecule has 2 atom stereocenters. The molecule has 0 radical (unpaired) electrons. The maximum absolute atomic E-state index is 13.4. The van der Waals surface area contributed by atoms with Gasteiger partial charge >= 0.3 is 6.03 Å². The number of amides is 3. The van der Waals surface area contributed by atoms with Crippen LogP contribution in [0, 0.1) is 5.92 Å². The Kier molecular flexibility index (Phi) is 7.78. The predicted octanol–water partition coefficient (Wildman–Crippen LogP) is 4.61. The number of aryl methyl sites for hydroxylation is 1. The summed E-state index contributed by atoms with van der Waals surface area (Å²) in [5.74, 6) is 0.716. The molecule has 2 aromatic rings. The number of piperazine rings is 1. The van der Waals surface area contributed by atoms with Crippen LogP contribution in [0.2, 0.25) is 0 Å². The Hall–Kier alpha value is -3.02. The number of carbonyl (C=O) groups is 2. The zero-order chi connectivity index (χ0) is 24.9. The summed E-state index contributed by atoms with van der Waals surface area (Å²) in [6.07, 6.45) is 4.71. The second-order valence-corrected chi connectivity index (χ2v) is 10.7. The fraction of sp³-hybridized carbons (Fsp3) is 0.533. The van der Waals surface area contributed by atoms with E-state index >= 15 is 0 Å². The monoisotopic (exact) mass is 488 g/mol. The Labute approximate surface area is 215 Å². The molecule has 0 bridgehead atoms. The van der Waals surface area contributed by atoms with Crippen LogP contribution in [0.4, 0.5) is 10.5 Å². The minimum absolute atomic E-state index is 0.163. The molecule has 3 aliphatic rings. The van der Waals surface area contributed by atoms with Crippen LogP contribution in [0.25, 0.3) is 0 Å². The Morgan fingerprint density at radius 1 is 0.778 bits per heavy atom. The number of likely N-dealkylation sites (tertiary alicyclic amines) is 2. The van der Waals surface area contributed by atoms with Gasteiger partial charge in [-0.05, 0) is 54.9 Å². The van der Waals surface area contributed by atoms with E-state index in [-0.39, 0.29) is 23.8 Å². The van der Waals surface area contributed by atoms with Crippen LogP contribution in [-0.4, -0.2) is 79.0 Å². The molecule has 0 aliphatic carbocycles. The summed E-state index contributed by atoms with van der Waals surface area (Å²) in [6.45, 7) is 8.60. The lowest BCUT2D eigenvalue weighted by Gasteiger charge is -2.41. The fourth-order valence-corrected chi connectivity index (χ4v) is 6.11. The molecule has 0 aromatic heterocycles. The first kappa shape index (κ1) is 24.7. The van der Waals surface area contributed by atoms with E-state index in [0.717, 1.165) is 71.5 Å². The largest absolute Gasteiger partial charge is 0.368 e. The molecule has 2 aromatic carbocycles. The topological polar surface area (TPSA) is 47.1 Å². The molecule has 36 heavy (non-hydrogen) atoms. The third-order valence-corrected chi connectivity index (χ3v) is 8.26. The van der Waals surface area contributed by atoms with Crippen molar-refractivity contribution in [3.63, 3.8) is 0 Å². The smallest absolute Gasteiger partial charge is 0.320 e. The van der Waals surface area contributed by atoms with Crippen molar-refractivity contribution >= 4 is 17.6 Å². The number of carbonyl (C=O) groups excluding carboxylic acids is 2. The predicted molar refractivity (Wildman–Crippen MR) is 144 cm³/mol. The second-order valence-electron chi connectivity index (χ2n) is 10.7. The molecule has 6 nitrogen and oxygen atoms in total. The average molecular weight is 489 g/mol. The Morgan fingerprint density at radius 3 is 2.14 bits per heavy atom. The highest BCUT2D eigenvalue weighted by Crippen LogP contribution is 2.33. The first-order valence-electron chi connectivity index (χ1n) is 13.8. The summed E-state index contributed by atoms with van der Waals surface area (Å²) in [6, 6.07) is 19.5. The van der Waals surface area contributed by atoms with Gasteiger partial charge in [0.2, 0.25) is 5.91 Å². The Morgan fingerprint density at radius 2 is 1.47 bits per heavy atom. The van der Waals surface area contributed by atoms with Crippen LogP contribution in [0.5, 0.6) is 0 Å². The Balaban J connectivity index is 1.24. The molecule has 6 heteroatoms. The van der Waals surface area contributed by atoms with Gasteiger partial charge in [-0.25, -0.2) is 4.79 Å². The number of para-hydroxylation sites is 1. The summed E-state index contributed by atoms with van der Waals surface area (Å²) in [4.78, 5) is 35.1. The van der Waals surface area contributed by atoms with Gasteiger partial charge in [-0.3, -0.25) is 4.79 Å². The van der Waals surface area contributed by atoms with E-state index in [1.54, 1.807) is 0 Å². The molecule has 0 saturated carbocycles. The average Bonchev–Trinajstić information content (AvgIpc) is 3.48. The number of rotatable bonds is 5. The molecule has 2 unspecified atom stereocenters. The van der Waals surface area contributed by atoms with Gasteiger partial charge in [0.15, 0.2) is 0 Å². The number of benzene rings is 2. The molecule has 3 fully saturated rings. The highest BCUT2D eigenvalue weighted by Gasteiger charge is 2.35. The van der Waals surface area contributed by atoms with E-state index in [9.17, 15) is 9.59 Å². The second kappa shape index (κ2) is 11.4. The van der Waals surface area contributed by atoms with E-state index in [1.165, 1.54) is 16.8 Å². The number of anilines is 1. The number of piperidine rings is 1. The van der Waals surface area contributed by atoms with Crippen molar-refractivity contribution in [3.05, 3.63) is 65.7 Å². The third-order valence-electron chi connectivity index (χ3n) is 8.26. The first-order valence-corrected chi connectivity index (χ1v) is 13.8. The number of nitrogens with zero attached hydrogens (tertiary/aromatic N) is 4. The molecule has 5 rings (SSSR count). The summed E-state index contributed by atoms with van der Waals surface area (Å²) < 4.78 is 0. The van der Waals surface area contributed by atoms with Crippen molar-refractivity contribution in [1.82, 2.24) is 14.7 Å². The molecular weight excluding hydrogens is 448 g/mol. The highest BCUT2D eigenvalue weighted by atomic mass is 16.2. The SMILES string of the molecule is CCc1ccc(C2CC(CC(=O)N3CCN(c4ccccc4)CC3)CN(C(=O)N3CCCC3)C2)cc1. The number of hydrogen-bond donors (Lipinski definition) is 0. The number of hydrogen-bond acceptors (Lipinski definition) is 3. The molecule has 3 saturated heterocycles. The van der Waals surface area contributed by atoms with Gasteiger partial charge in [0, 0.05) is 70.4 Å². The van der Waals surface area contributed by atoms with Crippen molar-refractivity contribution in [1.29, 1.82) is 0 Å². The first-order chi connectivity index (χ1) is 17.6. The van der Waals surface area contributed by atoms with E-state index in [0.29, 0.717) is 13.0 Å². The van der Waals surface area contributed by atoms with E-state index in [4.69, 9.17) is 0 Å². The van der Waals surface area contributed by atoms with Gasteiger partial charge in [-0.15, -0.1) is 0 Å². The van der Waals surface area contributed by atoms with Crippen LogP contribution in [0.1, 0.15) is 49.7 Å².